The summed E-state index contributed by atoms with van der Waals surface area (Å²) in [4.78, 5) is 11.8. The number of esters is 1. The topological polar surface area (TPSA) is 52.3 Å². The van der Waals surface area contributed by atoms with Crippen LogP contribution < -0.4 is 5.73 Å². The first-order valence-corrected chi connectivity index (χ1v) is 8.03. The van der Waals surface area contributed by atoms with Gasteiger partial charge in [0.05, 0.1) is 6.61 Å². The summed E-state index contributed by atoms with van der Waals surface area (Å²) in [6.07, 6.45) is 0.613. The fourth-order valence-corrected chi connectivity index (χ4v) is 3.20. The minimum atomic E-state index is -0.908. The van der Waals surface area contributed by atoms with E-state index >= 15 is 0 Å². The maximum absolute atomic E-state index is 11.8. The lowest BCUT2D eigenvalue weighted by atomic mass is 9.98. The van der Waals surface area contributed by atoms with Crippen LogP contribution in [0, 0.1) is 6.92 Å². The second-order valence-corrected chi connectivity index (χ2v) is 6.88. The summed E-state index contributed by atoms with van der Waals surface area (Å²) in [5.41, 5.74) is 7.72. The van der Waals surface area contributed by atoms with E-state index in [4.69, 9.17) is 10.5 Å². The van der Waals surface area contributed by atoms with Crippen molar-refractivity contribution in [1.29, 1.82) is 0 Å². The molecule has 0 spiro atoms. The zero-order valence-corrected chi connectivity index (χ0v) is 13.6. The average molecular weight is 295 g/mol. The Hall–Kier alpha value is -1.00. The summed E-state index contributed by atoms with van der Waals surface area (Å²) in [6, 6.07) is 8.48. The van der Waals surface area contributed by atoms with Crippen molar-refractivity contribution < 1.29 is 9.53 Å². The quantitative estimate of drug-likeness (QED) is 0.784. The first-order valence-electron chi connectivity index (χ1n) is 6.98. The Morgan fingerprint density at radius 2 is 2.20 bits per heavy atom. The summed E-state index contributed by atoms with van der Waals surface area (Å²) in [6.45, 7) is 8.11. The number of benzene rings is 1. The van der Waals surface area contributed by atoms with E-state index < -0.39 is 5.54 Å². The molecule has 3 nitrogen and oxygen atoms in total. The Morgan fingerprint density at radius 1 is 1.50 bits per heavy atom. The van der Waals surface area contributed by atoms with E-state index in [9.17, 15) is 4.79 Å². The molecule has 2 unspecified atom stereocenters. The zero-order valence-electron chi connectivity index (χ0n) is 12.8. The van der Waals surface area contributed by atoms with Crippen LogP contribution in [-0.2, 0) is 15.3 Å². The highest BCUT2D eigenvalue weighted by Gasteiger charge is 2.31. The minimum absolute atomic E-state index is 0.301. The number of thioether (sulfide) groups is 1. The monoisotopic (exact) mass is 295 g/mol. The molecule has 0 bridgehead atoms. The van der Waals surface area contributed by atoms with Gasteiger partial charge in [-0.3, -0.25) is 4.79 Å². The molecule has 2 atom stereocenters. The van der Waals surface area contributed by atoms with Crippen molar-refractivity contribution in [3.63, 3.8) is 0 Å². The van der Waals surface area contributed by atoms with E-state index in [1.54, 1.807) is 13.8 Å². The highest BCUT2D eigenvalue weighted by molar-refractivity contribution is 7.99. The van der Waals surface area contributed by atoms with Crippen LogP contribution in [0.15, 0.2) is 24.3 Å². The van der Waals surface area contributed by atoms with Crippen LogP contribution in [0.2, 0.25) is 0 Å². The van der Waals surface area contributed by atoms with Gasteiger partial charge < -0.3 is 10.5 Å². The third-order valence-electron chi connectivity index (χ3n) is 3.07. The molecule has 0 saturated carbocycles. The normalized spacial score (nSPS) is 15.4. The Kier molecular flexibility index (Phi) is 6.56. The smallest absolute Gasteiger partial charge is 0.325 e. The van der Waals surface area contributed by atoms with Crippen LogP contribution in [0.5, 0.6) is 0 Å². The van der Waals surface area contributed by atoms with Crippen molar-refractivity contribution in [2.24, 2.45) is 5.73 Å². The molecular weight excluding hydrogens is 270 g/mol. The first kappa shape index (κ1) is 17.1. The molecule has 0 aliphatic rings. The number of hydrogen-bond acceptors (Lipinski definition) is 4. The molecule has 2 N–H and O–H groups in total. The highest BCUT2D eigenvalue weighted by atomic mass is 32.2. The van der Waals surface area contributed by atoms with Gasteiger partial charge in [0.2, 0.25) is 0 Å². The van der Waals surface area contributed by atoms with Gasteiger partial charge >= 0.3 is 5.97 Å². The molecule has 1 aromatic carbocycles. The van der Waals surface area contributed by atoms with Crippen molar-refractivity contribution in [3.05, 3.63) is 35.4 Å². The van der Waals surface area contributed by atoms with Gasteiger partial charge in [-0.05, 0) is 32.8 Å². The Balaban J connectivity index is 2.47. The van der Waals surface area contributed by atoms with Crippen molar-refractivity contribution in [1.82, 2.24) is 0 Å². The van der Waals surface area contributed by atoms with Gasteiger partial charge in [-0.1, -0.05) is 36.8 Å². The van der Waals surface area contributed by atoms with Gasteiger partial charge in [0.1, 0.15) is 5.54 Å². The molecule has 0 aromatic heterocycles. The van der Waals surface area contributed by atoms with Crippen LogP contribution in [0.25, 0.3) is 0 Å². The van der Waals surface area contributed by atoms with Crippen LogP contribution in [0.3, 0.4) is 0 Å². The predicted octanol–water partition coefficient (Wildman–Crippen LogP) is 3.29. The third kappa shape index (κ3) is 5.55. The summed E-state index contributed by atoms with van der Waals surface area (Å²) >= 11 is 1.81. The van der Waals surface area contributed by atoms with Crippen LogP contribution in [0.4, 0.5) is 0 Å². The van der Waals surface area contributed by atoms with Gasteiger partial charge in [0.25, 0.3) is 0 Å². The lowest BCUT2D eigenvalue weighted by molar-refractivity contribution is -0.149. The molecule has 1 aromatic rings. The predicted molar refractivity (Wildman–Crippen MR) is 85.8 cm³/mol. The maximum Gasteiger partial charge on any atom is 0.325 e. The summed E-state index contributed by atoms with van der Waals surface area (Å²) in [5.74, 6) is 0.616. The Bertz CT molecular complexity index is 446. The van der Waals surface area contributed by atoms with Gasteiger partial charge in [-0.2, -0.15) is 11.8 Å². The lowest BCUT2D eigenvalue weighted by Crippen LogP contribution is -2.47. The Labute approximate surface area is 126 Å². The molecule has 0 aliphatic heterocycles. The second kappa shape index (κ2) is 7.70. The molecular formula is C16H25NO2S. The molecule has 0 radical (unpaired) electrons. The SMILES string of the molecule is CCOC(=O)C(C)(N)CC(C)SCc1cccc(C)c1. The van der Waals surface area contributed by atoms with Gasteiger partial charge in [-0.25, -0.2) is 0 Å². The summed E-state index contributed by atoms with van der Waals surface area (Å²) in [7, 11) is 0. The molecule has 0 amide bonds. The van der Waals surface area contributed by atoms with Crippen molar-refractivity contribution >= 4 is 17.7 Å². The zero-order chi connectivity index (χ0) is 15.2. The van der Waals surface area contributed by atoms with Crippen LogP contribution in [0.1, 0.15) is 38.3 Å². The van der Waals surface area contributed by atoms with E-state index in [2.05, 4.69) is 38.1 Å². The first-order chi connectivity index (χ1) is 9.35. The Morgan fingerprint density at radius 3 is 2.80 bits per heavy atom. The largest absolute Gasteiger partial charge is 0.465 e. The van der Waals surface area contributed by atoms with E-state index in [0.717, 1.165) is 5.75 Å². The number of nitrogens with two attached hydrogens (primary N) is 1. The van der Waals surface area contributed by atoms with Gasteiger partial charge in [-0.15, -0.1) is 0 Å². The summed E-state index contributed by atoms with van der Waals surface area (Å²) in [5, 5.41) is 0.301. The van der Waals surface area contributed by atoms with Crippen LogP contribution in [-0.4, -0.2) is 23.4 Å². The second-order valence-electron chi connectivity index (χ2n) is 5.45. The molecule has 0 aliphatic carbocycles. The number of aryl methyl sites for hydroxylation is 1. The van der Waals surface area contributed by atoms with Gasteiger partial charge in [0, 0.05) is 11.0 Å². The van der Waals surface area contributed by atoms with Crippen LogP contribution >= 0.6 is 11.8 Å². The maximum atomic E-state index is 11.8. The van der Waals surface area contributed by atoms with Crippen molar-refractivity contribution in [3.8, 4) is 0 Å². The molecule has 112 valence electrons. The molecule has 20 heavy (non-hydrogen) atoms. The van der Waals surface area contributed by atoms with Crippen molar-refractivity contribution in [2.45, 2.75) is 50.7 Å². The van der Waals surface area contributed by atoms with E-state index in [1.165, 1.54) is 11.1 Å². The number of carbonyl (C=O) groups is 1. The fourth-order valence-electron chi connectivity index (χ4n) is 2.08. The van der Waals surface area contributed by atoms with Gasteiger partial charge in [0.15, 0.2) is 0 Å². The van der Waals surface area contributed by atoms with E-state index in [1.807, 2.05) is 11.8 Å². The standard InChI is InChI=1S/C16H25NO2S/c1-5-19-15(18)16(4,17)10-13(3)20-11-14-8-6-7-12(2)9-14/h6-9,13H,5,10-11,17H2,1-4H3. The number of carbonyl (C=O) groups excluding carboxylic acids is 1. The average Bonchev–Trinajstić information content (AvgIpc) is 2.36. The molecule has 1 rings (SSSR count). The number of rotatable bonds is 7. The molecule has 0 saturated heterocycles. The van der Waals surface area contributed by atoms with E-state index in [0.29, 0.717) is 18.3 Å². The van der Waals surface area contributed by atoms with Crippen molar-refractivity contribution in [2.75, 3.05) is 6.61 Å². The molecule has 0 fully saturated rings. The third-order valence-corrected chi connectivity index (χ3v) is 4.31. The number of hydrogen-bond donors (Lipinski definition) is 1. The summed E-state index contributed by atoms with van der Waals surface area (Å²) < 4.78 is 5.01. The molecule has 0 heterocycles. The molecule has 4 heteroatoms. The van der Waals surface area contributed by atoms with E-state index in [-0.39, 0.29) is 5.97 Å². The highest BCUT2D eigenvalue weighted by Crippen LogP contribution is 2.25. The lowest BCUT2D eigenvalue weighted by Gasteiger charge is -2.25. The number of ether oxygens (including phenoxy) is 1. The fraction of sp³-hybridized carbons (Fsp3) is 0.562. The minimum Gasteiger partial charge on any atom is -0.465 e.